The van der Waals surface area contributed by atoms with Gasteiger partial charge in [-0.05, 0) is 19.1 Å². The van der Waals surface area contributed by atoms with Gasteiger partial charge in [0.05, 0.1) is 11.3 Å². The summed E-state index contributed by atoms with van der Waals surface area (Å²) in [6.07, 6.45) is 3.43. The van der Waals surface area contributed by atoms with E-state index >= 15 is 4.39 Å². The summed E-state index contributed by atoms with van der Waals surface area (Å²) in [5, 5.41) is 17.4. The number of alkyl halides is 1. The molecule has 0 atom stereocenters. The molecule has 1 aliphatic rings. The summed E-state index contributed by atoms with van der Waals surface area (Å²) in [5.74, 6) is -0.195. The number of halogens is 2. The van der Waals surface area contributed by atoms with Crippen molar-refractivity contribution in [3.63, 3.8) is 0 Å². The summed E-state index contributed by atoms with van der Waals surface area (Å²) in [7, 11) is 1.73. The largest absolute Gasteiger partial charge is 0.370 e. The Hall–Kier alpha value is -3.34. The quantitative estimate of drug-likeness (QED) is 0.634. The van der Waals surface area contributed by atoms with E-state index < -0.39 is 11.6 Å². The predicted octanol–water partition coefficient (Wildman–Crippen LogP) is 3.66. The molecule has 1 saturated heterocycles. The van der Waals surface area contributed by atoms with Gasteiger partial charge in [0.1, 0.15) is 12.4 Å². The maximum absolute atomic E-state index is 15.5. The third-order valence-corrected chi connectivity index (χ3v) is 5.47. The topological polar surface area (TPSA) is 70.6 Å². The molecule has 0 saturated carbocycles. The second-order valence-electron chi connectivity index (χ2n) is 7.36. The van der Waals surface area contributed by atoms with Gasteiger partial charge >= 0.3 is 0 Å². The van der Waals surface area contributed by atoms with E-state index in [0.717, 1.165) is 16.8 Å². The molecule has 3 aromatic rings. The summed E-state index contributed by atoms with van der Waals surface area (Å²) in [6.45, 7) is 2.49. The van der Waals surface area contributed by atoms with E-state index in [0.29, 0.717) is 30.0 Å². The first-order valence-corrected chi connectivity index (χ1v) is 9.37. The molecular weight excluding hydrogens is 374 g/mol. The van der Waals surface area contributed by atoms with Gasteiger partial charge in [0, 0.05) is 55.9 Å². The molecule has 0 spiro atoms. The van der Waals surface area contributed by atoms with E-state index in [9.17, 15) is 9.65 Å². The molecule has 1 aromatic carbocycles. The third kappa shape index (κ3) is 3.33. The maximum atomic E-state index is 15.5. The van der Waals surface area contributed by atoms with Crippen LogP contribution in [0.4, 0.5) is 14.5 Å². The fraction of sp³-hybridized carbons (Fsp3) is 0.333. The van der Waals surface area contributed by atoms with Gasteiger partial charge in [0.2, 0.25) is 5.95 Å². The van der Waals surface area contributed by atoms with E-state index in [1.165, 1.54) is 12.5 Å². The van der Waals surface area contributed by atoms with Gasteiger partial charge < -0.3 is 9.47 Å². The Morgan fingerprint density at radius 3 is 2.62 bits per heavy atom. The van der Waals surface area contributed by atoms with Gasteiger partial charge in [-0.2, -0.15) is 9.65 Å². The number of aromatic nitrogens is 4. The number of piperidine rings is 1. The van der Waals surface area contributed by atoms with Crippen LogP contribution in [0.15, 0.2) is 36.8 Å². The normalized spacial score (nSPS) is 15.9. The minimum atomic E-state index is -1.56. The molecule has 0 amide bonds. The molecule has 4 rings (SSSR count). The lowest BCUT2D eigenvalue weighted by atomic mass is 9.90. The summed E-state index contributed by atoms with van der Waals surface area (Å²) < 4.78 is 30.8. The van der Waals surface area contributed by atoms with Gasteiger partial charge in [0.15, 0.2) is 11.5 Å². The van der Waals surface area contributed by atoms with Crippen molar-refractivity contribution >= 4 is 5.69 Å². The summed E-state index contributed by atoms with van der Waals surface area (Å²) in [6, 6.07) is 9.35. The molecule has 8 heteroatoms. The van der Waals surface area contributed by atoms with Crippen LogP contribution in [0.25, 0.3) is 11.1 Å². The van der Waals surface area contributed by atoms with Crippen molar-refractivity contribution in [1.82, 2.24) is 19.7 Å². The first-order chi connectivity index (χ1) is 13.9. The molecule has 0 N–H and O–H groups in total. The van der Waals surface area contributed by atoms with Crippen LogP contribution in [-0.4, -0.2) is 32.8 Å². The fourth-order valence-electron chi connectivity index (χ4n) is 3.91. The van der Waals surface area contributed by atoms with Gasteiger partial charge in [-0.1, -0.05) is 12.1 Å². The number of aryl methyl sites for hydroxylation is 2. The molecule has 0 bridgehead atoms. The standard InChI is InChI=1S/C21H20F2N6/c1-14-10-16(12-25-19(14)22)17-5-3-4-15(11-24)18(17)29-8-6-21(23,7-9-29)20-27-26-13-28(20)2/h3-5,10,12-13H,6-9H2,1-2H3. The first-order valence-electron chi connectivity index (χ1n) is 9.37. The molecule has 6 nitrogen and oxygen atoms in total. The molecular formula is C21H20F2N6. The van der Waals surface area contributed by atoms with Crippen LogP contribution in [0.1, 0.15) is 29.8 Å². The predicted molar refractivity (Wildman–Crippen MR) is 104 cm³/mol. The van der Waals surface area contributed by atoms with Crippen LogP contribution < -0.4 is 4.90 Å². The van der Waals surface area contributed by atoms with Crippen LogP contribution in [0, 0.1) is 24.2 Å². The molecule has 2 aromatic heterocycles. The molecule has 0 aliphatic carbocycles. The molecule has 1 fully saturated rings. The van der Waals surface area contributed by atoms with E-state index in [4.69, 9.17) is 0 Å². The van der Waals surface area contributed by atoms with E-state index in [1.807, 2.05) is 11.0 Å². The number of hydrogen-bond acceptors (Lipinski definition) is 5. The SMILES string of the molecule is Cc1cc(-c2cccc(C#N)c2N2CCC(F)(c3nncn3C)CC2)cnc1F. The Kier molecular flexibility index (Phi) is 4.74. The monoisotopic (exact) mass is 394 g/mol. The number of para-hydroxylation sites is 1. The highest BCUT2D eigenvalue weighted by Gasteiger charge is 2.40. The van der Waals surface area contributed by atoms with Gasteiger partial charge in [-0.25, -0.2) is 9.37 Å². The zero-order valence-corrected chi connectivity index (χ0v) is 16.2. The van der Waals surface area contributed by atoms with E-state index in [2.05, 4.69) is 21.3 Å². The molecule has 3 heterocycles. The first kappa shape index (κ1) is 19.0. The highest BCUT2D eigenvalue weighted by molar-refractivity contribution is 5.83. The maximum Gasteiger partial charge on any atom is 0.215 e. The number of pyridine rings is 1. The van der Waals surface area contributed by atoms with Crippen LogP contribution in [0.3, 0.4) is 0 Å². The van der Waals surface area contributed by atoms with Crippen molar-refractivity contribution < 1.29 is 8.78 Å². The number of benzene rings is 1. The average molecular weight is 394 g/mol. The van der Waals surface area contributed by atoms with Gasteiger partial charge in [0.25, 0.3) is 0 Å². The summed E-state index contributed by atoms with van der Waals surface area (Å²) >= 11 is 0. The van der Waals surface area contributed by atoms with Crippen molar-refractivity contribution in [2.75, 3.05) is 18.0 Å². The average Bonchev–Trinajstić information content (AvgIpc) is 3.17. The summed E-state index contributed by atoms with van der Waals surface area (Å²) in [5.41, 5.74) is 1.60. The Morgan fingerprint density at radius 1 is 1.24 bits per heavy atom. The highest BCUT2D eigenvalue weighted by Crippen LogP contribution is 2.41. The van der Waals surface area contributed by atoms with Crippen molar-refractivity contribution in [2.24, 2.45) is 7.05 Å². The minimum Gasteiger partial charge on any atom is -0.370 e. The Morgan fingerprint density at radius 2 is 2.00 bits per heavy atom. The Bertz CT molecular complexity index is 1090. The zero-order chi connectivity index (χ0) is 20.6. The second-order valence-corrected chi connectivity index (χ2v) is 7.36. The van der Waals surface area contributed by atoms with Crippen molar-refractivity contribution in [1.29, 1.82) is 5.26 Å². The lowest BCUT2D eigenvalue weighted by Crippen LogP contribution is -2.42. The number of anilines is 1. The smallest absolute Gasteiger partial charge is 0.215 e. The molecule has 29 heavy (non-hydrogen) atoms. The van der Waals surface area contributed by atoms with Crippen LogP contribution >= 0.6 is 0 Å². The molecule has 0 unspecified atom stereocenters. The fourth-order valence-corrected chi connectivity index (χ4v) is 3.91. The van der Waals surface area contributed by atoms with Crippen molar-refractivity contribution in [3.05, 3.63) is 59.7 Å². The Balaban J connectivity index is 1.70. The van der Waals surface area contributed by atoms with Crippen molar-refractivity contribution in [3.8, 4) is 17.2 Å². The van der Waals surface area contributed by atoms with E-state index in [1.54, 1.807) is 36.7 Å². The van der Waals surface area contributed by atoms with E-state index in [-0.39, 0.29) is 12.8 Å². The van der Waals surface area contributed by atoms with Crippen LogP contribution in [-0.2, 0) is 12.7 Å². The highest BCUT2D eigenvalue weighted by atomic mass is 19.1. The molecule has 1 aliphatic heterocycles. The van der Waals surface area contributed by atoms with Crippen molar-refractivity contribution in [2.45, 2.75) is 25.4 Å². The van der Waals surface area contributed by atoms with Crippen LogP contribution in [0.5, 0.6) is 0 Å². The van der Waals surface area contributed by atoms with Gasteiger partial charge in [-0.15, -0.1) is 10.2 Å². The number of hydrogen-bond donors (Lipinski definition) is 0. The zero-order valence-electron chi connectivity index (χ0n) is 16.2. The minimum absolute atomic E-state index is 0.236. The molecule has 0 radical (unpaired) electrons. The lowest BCUT2D eigenvalue weighted by molar-refractivity contribution is 0.109. The lowest BCUT2D eigenvalue weighted by Gasteiger charge is -2.38. The second kappa shape index (κ2) is 7.24. The Labute approximate surface area is 167 Å². The third-order valence-electron chi connectivity index (χ3n) is 5.47. The molecule has 148 valence electrons. The van der Waals surface area contributed by atoms with Gasteiger partial charge in [-0.3, -0.25) is 0 Å². The number of rotatable bonds is 3. The van der Waals surface area contributed by atoms with Crippen LogP contribution in [0.2, 0.25) is 0 Å². The number of nitrogens with zero attached hydrogens (tertiary/aromatic N) is 6. The number of nitriles is 1. The summed E-state index contributed by atoms with van der Waals surface area (Å²) in [4.78, 5) is 5.83.